The lowest BCUT2D eigenvalue weighted by molar-refractivity contribution is 0.245. The van der Waals surface area contributed by atoms with Gasteiger partial charge in [0, 0.05) is 11.1 Å². The number of aromatic amines is 1. The Bertz CT molecular complexity index is 321. The summed E-state index contributed by atoms with van der Waals surface area (Å²) in [5, 5.41) is 7.41. The van der Waals surface area contributed by atoms with Crippen molar-refractivity contribution in [3.05, 3.63) is 17.5 Å². The van der Waals surface area contributed by atoms with E-state index in [1.807, 2.05) is 0 Å². The summed E-state index contributed by atoms with van der Waals surface area (Å²) in [6.07, 6.45) is 2.38. The Morgan fingerprint density at radius 1 is 1.27 bits per heavy atom. The molecule has 0 aliphatic rings. The van der Waals surface area contributed by atoms with Gasteiger partial charge in [-0.3, -0.25) is 5.10 Å². The molecule has 0 spiro atoms. The van der Waals surface area contributed by atoms with E-state index in [1.54, 1.807) is 0 Å². The van der Waals surface area contributed by atoms with Gasteiger partial charge in [-0.2, -0.15) is 5.10 Å². The molecule has 2 heteroatoms. The Balaban J connectivity index is 2.84. The van der Waals surface area contributed by atoms with Crippen LogP contribution < -0.4 is 0 Å². The minimum absolute atomic E-state index is 0.157. The van der Waals surface area contributed by atoms with Crippen LogP contribution in [0.1, 0.15) is 58.8 Å². The van der Waals surface area contributed by atoms with E-state index in [0.29, 0.717) is 5.41 Å². The van der Waals surface area contributed by atoms with Crippen LogP contribution in [-0.4, -0.2) is 10.2 Å². The average Bonchev–Trinajstić information content (AvgIpc) is 2.51. The third-order valence-corrected chi connectivity index (χ3v) is 3.28. The maximum absolute atomic E-state index is 4.38. The highest BCUT2D eigenvalue weighted by Gasteiger charge is 2.30. The van der Waals surface area contributed by atoms with Gasteiger partial charge in [-0.15, -0.1) is 0 Å². The van der Waals surface area contributed by atoms with Gasteiger partial charge in [0.1, 0.15) is 0 Å². The van der Waals surface area contributed by atoms with E-state index in [9.17, 15) is 0 Å². The number of H-pyrrole nitrogens is 1. The number of aromatic nitrogens is 2. The highest BCUT2D eigenvalue weighted by Crippen LogP contribution is 2.37. The molecule has 0 aromatic carbocycles. The van der Waals surface area contributed by atoms with Crippen molar-refractivity contribution in [2.24, 2.45) is 5.41 Å². The Labute approximate surface area is 93.5 Å². The highest BCUT2D eigenvalue weighted by molar-refractivity contribution is 5.17. The normalized spacial score (nSPS) is 13.2. The third-order valence-electron chi connectivity index (χ3n) is 3.28. The third kappa shape index (κ3) is 3.08. The van der Waals surface area contributed by atoms with E-state index in [-0.39, 0.29) is 5.41 Å². The Hall–Kier alpha value is -0.790. The first-order valence-corrected chi connectivity index (χ1v) is 5.79. The quantitative estimate of drug-likeness (QED) is 0.800. The van der Waals surface area contributed by atoms with E-state index >= 15 is 0 Å². The number of hydrogen-bond donors (Lipinski definition) is 1. The summed E-state index contributed by atoms with van der Waals surface area (Å²) in [4.78, 5) is 0. The van der Waals surface area contributed by atoms with Crippen LogP contribution in [0.4, 0.5) is 0 Å². The maximum atomic E-state index is 4.38. The molecular weight excluding hydrogens is 184 g/mol. The molecule has 1 aromatic heterocycles. The molecule has 0 fully saturated rings. The van der Waals surface area contributed by atoms with Crippen molar-refractivity contribution in [1.82, 2.24) is 10.2 Å². The molecular formula is C13H24N2. The van der Waals surface area contributed by atoms with Gasteiger partial charge in [0.15, 0.2) is 0 Å². The molecule has 0 amide bonds. The summed E-state index contributed by atoms with van der Waals surface area (Å²) in [6, 6.07) is 2.16. The summed E-state index contributed by atoms with van der Waals surface area (Å²) in [6.45, 7) is 13.5. The van der Waals surface area contributed by atoms with E-state index in [0.717, 1.165) is 5.69 Å². The van der Waals surface area contributed by atoms with Crippen LogP contribution in [0.15, 0.2) is 6.07 Å². The van der Waals surface area contributed by atoms with Crippen molar-refractivity contribution in [1.29, 1.82) is 0 Å². The Kier molecular flexibility index (Phi) is 3.27. The first kappa shape index (κ1) is 12.3. The summed E-state index contributed by atoms with van der Waals surface area (Å²) in [7, 11) is 0. The van der Waals surface area contributed by atoms with E-state index in [2.05, 4.69) is 57.8 Å². The lowest BCUT2D eigenvalue weighted by Crippen LogP contribution is -2.26. The molecule has 0 saturated carbocycles. The smallest absolute Gasteiger partial charge is 0.0681 e. The zero-order valence-electron chi connectivity index (χ0n) is 10.9. The number of hydrogen-bond acceptors (Lipinski definition) is 1. The molecule has 0 saturated heterocycles. The fourth-order valence-corrected chi connectivity index (χ4v) is 2.18. The molecule has 0 aliphatic heterocycles. The van der Waals surface area contributed by atoms with Crippen LogP contribution in [0, 0.1) is 12.3 Å². The van der Waals surface area contributed by atoms with Crippen LogP contribution in [0.5, 0.6) is 0 Å². The van der Waals surface area contributed by atoms with Crippen LogP contribution in [0.25, 0.3) is 0 Å². The summed E-state index contributed by atoms with van der Waals surface area (Å²) >= 11 is 0. The zero-order chi connectivity index (χ0) is 11.7. The van der Waals surface area contributed by atoms with Gasteiger partial charge in [0.05, 0.1) is 5.69 Å². The van der Waals surface area contributed by atoms with Crippen molar-refractivity contribution in [2.75, 3.05) is 0 Å². The van der Waals surface area contributed by atoms with Gasteiger partial charge in [0.2, 0.25) is 0 Å². The van der Waals surface area contributed by atoms with Gasteiger partial charge in [-0.25, -0.2) is 0 Å². The standard InChI is InChI=1S/C13H24N2/c1-7-12(3,4)9-13(5,6)11-8-10(2)14-15-11/h8H,7,9H2,1-6H3,(H,14,15). The monoisotopic (exact) mass is 208 g/mol. The van der Waals surface area contributed by atoms with Crippen molar-refractivity contribution >= 4 is 0 Å². The van der Waals surface area contributed by atoms with E-state index in [4.69, 9.17) is 0 Å². The second kappa shape index (κ2) is 3.99. The molecule has 0 radical (unpaired) electrons. The number of aryl methyl sites for hydroxylation is 1. The minimum Gasteiger partial charge on any atom is -0.283 e. The fraction of sp³-hybridized carbons (Fsp3) is 0.769. The summed E-state index contributed by atoms with van der Waals surface area (Å²) < 4.78 is 0. The second-order valence-corrected chi connectivity index (χ2v) is 6.01. The zero-order valence-corrected chi connectivity index (χ0v) is 10.9. The van der Waals surface area contributed by atoms with E-state index in [1.165, 1.54) is 18.5 Å². The van der Waals surface area contributed by atoms with Crippen LogP contribution in [0.3, 0.4) is 0 Å². The topological polar surface area (TPSA) is 28.7 Å². The molecule has 0 aliphatic carbocycles. The maximum Gasteiger partial charge on any atom is 0.0681 e. The van der Waals surface area contributed by atoms with Gasteiger partial charge < -0.3 is 0 Å². The molecule has 15 heavy (non-hydrogen) atoms. The first-order valence-electron chi connectivity index (χ1n) is 5.79. The molecule has 1 N–H and O–H groups in total. The van der Waals surface area contributed by atoms with Gasteiger partial charge in [-0.1, -0.05) is 41.0 Å². The van der Waals surface area contributed by atoms with Crippen molar-refractivity contribution in [3.8, 4) is 0 Å². The van der Waals surface area contributed by atoms with Crippen molar-refractivity contribution in [3.63, 3.8) is 0 Å². The van der Waals surface area contributed by atoms with Crippen LogP contribution in [0.2, 0.25) is 0 Å². The Morgan fingerprint density at radius 2 is 1.87 bits per heavy atom. The van der Waals surface area contributed by atoms with Crippen LogP contribution >= 0.6 is 0 Å². The predicted molar refractivity (Wildman–Crippen MR) is 65.0 cm³/mol. The van der Waals surface area contributed by atoms with E-state index < -0.39 is 0 Å². The molecule has 86 valence electrons. The number of rotatable bonds is 4. The summed E-state index contributed by atoms with van der Waals surface area (Å²) in [5.41, 5.74) is 2.87. The molecule has 1 aromatic rings. The average molecular weight is 208 g/mol. The number of nitrogens with zero attached hydrogens (tertiary/aromatic N) is 1. The molecule has 0 unspecified atom stereocenters. The van der Waals surface area contributed by atoms with Crippen molar-refractivity contribution < 1.29 is 0 Å². The van der Waals surface area contributed by atoms with Gasteiger partial charge in [0.25, 0.3) is 0 Å². The minimum atomic E-state index is 0.157. The lowest BCUT2D eigenvalue weighted by Gasteiger charge is -2.33. The molecule has 0 bridgehead atoms. The molecule has 1 rings (SSSR count). The van der Waals surface area contributed by atoms with Crippen molar-refractivity contribution in [2.45, 2.75) is 59.8 Å². The van der Waals surface area contributed by atoms with Gasteiger partial charge >= 0.3 is 0 Å². The van der Waals surface area contributed by atoms with Gasteiger partial charge in [-0.05, 0) is 24.8 Å². The fourth-order valence-electron chi connectivity index (χ4n) is 2.18. The lowest BCUT2D eigenvalue weighted by atomic mass is 9.72. The summed E-state index contributed by atoms with van der Waals surface area (Å²) in [5.74, 6) is 0. The predicted octanol–water partition coefficient (Wildman–Crippen LogP) is 3.82. The highest BCUT2D eigenvalue weighted by atomic mass is 15.1. The second-order valence-electron chi connectivity index (χ2n) is 6.01. The first-order chi connectivity index (χ1) is 6.77. The molecule has 0 atom stereocenters. The molecule has 1 heterocycles. The molecule has 2 nitrogen and oxygen atoms in total. The Morgan fingerprint density at radius 3 is 2.27 bits per heavy atom. The van der Waals surface area contributed by atoms with Crippen LogP contribution in [-0.2, 0) is 5.41 Å². The number of nitrogens with one attached hydrogen (secondary N) is 1. The largest absolute Gasteiger partial charge is 0.283 e. The SMILES string of the molecule is CCC(C)(C)CC(C)(C)c1cc(C)[nH]n1.